The topological polar surface area (TPSA) is 17.8 Å². The Morgan fingerprint density at radius 2 is 0.714 bits per heavy atom. The van der Waals surface area contributed by atoms with Gasteiger partial charge in [-0.15, -0.1) is 0 Å². The van der Waals surface area contributed by atoms with Crippen molar-refractivity contribution in [3.8, 4) is 73.0 Å². The van der Waals surface area contributed by atoms with Crippen molar-refractivity contribution in [1.29, 1.82) is 0 Å². The van der Waals surface area contributed by atoms with E-state index in [0.29, 0.717) is 0 Å². The molecule has 0 atom stereocenters. The van der Waals surface area contributed by atoms with Crippen LogP contribution in [0.1, 0.15) is 0 Å². The maximum Gasteiger partial charge on any atom is 0.145 e. The Labute approximate surface area is 366 Å². The second kappa shape index (κ2) is 15.3. The molecule has 0 unspecified atom stereocenters. The lowest BCUT2D eigenvalue weighted by Crippen LogP contribution is -2.00. The number of nitrogens with zero attached hydrogens (tertiary/aromatic N) is 2. The molecule has 1 aromatic heterocycles. The van der Waals surface area contributed by atoms with Crippen molar-refractivity contribution in [3.05, 3.63) is 243 Å². The van der Waals surface area contributed by atoms with E-state index in [1.807, 2.05) is 0 Å². The zero-order valence-corrected chi connectivity index (χ0v) is 34.5. The van der Waals surface area contributed by atoms with Gasteiger partial charge in [-0.25, -0.2) is 4.98 Å². The fourth-order valence-corrected chi connectivity index (χ4v) is 9.58. The highest BCUT2D eigenvalue weighted by Gasteiger charge is 2.23. The Balaban J connectivity index is 1.07. The van der Waals surface area contributed by atoms with E-state index in [1.54, 1.807) is 0 Å². The van der Waals surface area contributed by atoms with Gasteiger partial charge in [-0.05, 0) is 107 Å². The molecular weight excluding hydrogens is 761 g/mol. The van der Waals surface area contributed by atoms with Crippen LogP contribution in [-0.2, 0) is 0 Å². The summed E-state index contributed by atoms with van der Waals surface area (Å²) in [5.74, 6) is 0.903. The van der Waals surface area contributed by atoms with Crippen LogP contribution in [0.2, 0.25) is 0 Å². The molecule has 2 nitrogen and oxygen atoms in total. The van der Waals surface area contributed by atoms with Crippen molar-refractivity contribution in [1.82, 2.24) is 9.55 Å². The van der Waals surface area contributed by atoms with Gasteiger partial charge in [0, 0.05) is 22.4 Å². The minimum absolute atomic E-state index is 0.903. The highest BCUT2D eigenvalue weighted by molar-refractivity contribution is 6.22. The molecule has 0 amide bonds. The summed E-state index contributed by atoms with van der Waals surface area (Å²) in [7, 11) is 0. The van der Waals surface area contributed by atoms with Gasteiger partial charge in [-0.2, -0.15) is 0 Å². The molecule has 0 saturated carbocycles. The van der Waals surface area contributed by atoms with Crippen LogP contribution in [0.4, 0.5) is 0 Å². The van der Waals surface area contributed by atoms with Crippen LogP contribution in [0.5, 0.6) is 0 Å². The molecule has 0 aliphatic heterocycles. The maximum atomic E-state index is 5.41. The molecule has 0 aliphatic rings. The largest absolute Gasteiger partial charge is 0.292 e. The van der Waals surface area contributed by atoms with E-state index >= 15 is 0 Å². The van der Waals surface area contributed by atoms with E-state index in [4.69, 9.17) is 4.98 Å². The van der Waals surface area contributed by atoms with E-state index < -0.39 is 0 Å². The molecule has 11 aromatic carbocycles. The summed E-state index contributed by atoms with van der Waals surface area (Å²) in [6, 6.07) is 87.9. The van der Waals surface area contributed by atoms with Gasteiger partial charge < -0.3 is 0 Å². The number of rotatable bonds is 7. The Morgan fingerprint density at radius 3 is 1.30 bits per heavy atom. The Bertz CT molecular complexity index is 3640. The summed E-state index contributed by atoms with van der Waals surface area (Å²) in [4.78, 5) is 5.41. The molecule has 2 heteroatoms. The standard InChI is InChI=1S/C61H40N2/c1-4-18-44(19-5-1)59-60(45-20-6-2-7-21-45)63(61(62-59)46-22-8-3-9-23-46)52-35-32-43(33-36-52)49-34-37-55-56(40-49)58(51-31-29-42-17-11-13-25-48(42)39-51)54-27-15-14-26-53(54)57(55)50-30-28-41-16-10-12-24-47(41)38-50/h1-40H. The lowest BCUT2D eigenvalue weighted by molar-refractivity contribution is 1.07. The van der Waals surface area contributed by atoms with Gasteiger partial charge in [0.2, 0.25) is 0 Å². The third-order valence-corrected chi connectivity index (χ3v) is 12.6. The Kier molecular flexibility index (Phi) is 8.86. The van der Waals surface area contributed by atoms with E-state index in [0.717, 1.165) is 50.7 Å². The Morgan fingerprint density at radius 1 is 0.270 bits per heavy atom. The maximum absolute atomic E-state index is 5.41. The minimum atomic E-state index is 0.903. The zero-order valence-electron chi connectivity index (χ0n) is 34.5. The highest BCUT2D eigenvalue weighted by atomic mass is 15.1. The van der Waals surface area contributed by atoms with Gasteiger partial charge in [-0.1, -0.05) is 212 Å². The molecule has 0 bridgehead atoms. The van der Waals surface area contributed by atoms with Crippen molar-refractivity contribution in [2.24, 2.45) is 0 Å². The van der Waals surface area contributed by atoms with Crippen LogP contribution in [-0.4, -0.2) is 9.55 Å². The first-order valence-electron chi connectivity index (χ1n) is 21.6. The van der Waals surface area contributed by atoms with E-state index in [-0.39, 0.29) is 0 Å². The van der Waals surface area contributed by atoms with Crippen LogP contribution >= 0.6 is 0 Å². The SMILES string of the molecule is c1ccc(-c2nc(-c3ccccc3)n(-c3ccc(-c4ccc5c(-c6ccc7ccccc7c6)c6ccccc6c(-c6ccc7ccccc7c6)c5c4)cc3)c2-c2ccccc2)cc1. The highest BCUT2D eigenvalue weighted by Crippen LogP contribution is 2.46. The van der Waals surface area contributed by atoms with Gasteiger partial charge in [-0.3, -0.25) is 4.57 Å². The van der Waals surface area contributed by atoms with Crippen LogP contribution in [0.3, 0.4) is 0 Å². The minimum Gasteiger partial charge on any atom is -0.292 e. The molecule has 294 valence electrons. The van der Waals surface area contributed by atoms with Gasteiger partial charge in [0.25, 0.3) is 0 Å². The summed E-state index contributed by atoms with van der Waals surface area (Å²) >= 11 is 0. The monoisotopic (exact) mass is 800 g/mol. The lowest BCUT2D eigenvalue weighted by atomic mass is 9.84. The average Bonchev–Trinajstić information content (AvgIpc) is 3.77. The fraction of sp³-hybridized carbons (Fsp3) is 0. The second-order valence-corrected chi connectivity index (χ2v) is 16.3. The van der Waals surface area contributed by atoms with Crippen LogP contribution in [0, 0.1) is 0 Å². The van der Waals surface area contributed by atoms with Crippen molar-refractivity contribution in [2.75, 3.05) is 0 Å². The molecule has 0 aliphatic carbocycles. The summed E-state index contributed by atoms with van der Waals surface area (Å²) in [5, 5.41) is 9.91. The summed E-state index contributed by atoms with van der Waals surface area (Å²) in [6.07, 6.45) is 0. The molecular formula is C61H40N2. The molecule has 12 aromatic rings. The fourth-order valence-electron chi connectivity index (χ4n) is 9.58. The van der Waals surface area contributed by atoms with Gasteiger partial charge >= 0.3 is 0 Å². The van der Waals surface area contributed by atoms with Crippen molar-refractivity contribution < 1.29 is 0 Å². The summed E-state index contributed by atoms with van der Waals surface area (Å²) < 4.78 is 2.33. The van der Waals surface area contributed by atoms with Crippen molar-refractivity contribution >= 4 is 43.1 Å². The summed E-state index contributed by atoms with van der Waals surface area (Å²) in [6.45, 7) is 0. The predicted octanol–water partition coefficient (Wildman–Crippen LogP) is 16.5. The van der Waals surface area contributed by atoms with Gasteiger partial charge in [0.15, 0.2) is 0 Å². The quantitative estimate of drug-likeness (QED) is 0.147. The molecule has 12 rings (SSSR count). The smallest absolute Gasteiger partial charge is 0.145 e. The molecule has 0 spiro atoms. The first-order chi connectivity index (χ1) is 31.2. The zero-order chi connectivity index (χ0) is 41.7. The van der Waals surface area contributed by atoms with E-state index in [2.05, 4.69) is 247 Å². The average molecular weight is 801 g/mol. The van der Waals surface area contributed by atoms with Crippen LogP contribution < -0.4 is 0 Å². The number of benzene rings is 11. The third-order valence-electron chi connectivity index (χ3n) is 12.6. The molecule has 1 heterocycles. The first kappa shape index (κ1) is 36.5. The molecule has 0 N–H and O–H groups in total. The number of hydrogen-bond acceptors (Lipinski definition) is 1. The molecule has 0 radical (unpaired) electrons. The molecule has 0 fully saturated rings. The number of hydrogen-bond donors (Lipinski definition) is 0. The van der Waals surface area contributed by atoms with Crippen molar-refractivity contribution in [2.45, 2.75) is 0 Å². The first-order valence-corrected chi connectivity index (χ1v) is 21.6. The Hall–Kier alpha value is -8.33. The number of imidazole rings is 1. The van der Waals surface area contributed by atoms with Crippen LogP contribution in [0.25, 0.3) is 116 Å². The number of fused-ring (bicyclic) bond motifs is 4. The van der Waals surface area contributed by atoms with Crippen molar-refractivity contribution in [3.63, 3.8) is 0 Å². The predicted molar refractivity (Wildman–Crippen MR) is 266 cm³/mol. The van der Waals surface area contributed by atoms with E-state index in [1.165, 1.54) is 65.3 Å². The number of aromatic nitrogens is 2. The van der Waals surface area contributed by atoms with E-state index in [9.17, 15) is 0 Å². The molecule has 63 heavy (non-hydrogen) atoms. The second-order valence-electron chi connectivity index (χ2n) is 16.3. The third kappa shape index (κ3) is 6.40. The summed E-state index contributed by atoms with van der Waals surface area (Å²) in [5.41, 5.74) is 13.6. The molecule has 0 saturated heterocycles. The normalized spacial score (nSPS) is 11.5. The van der Waals surface area contributed by atoms with Crippen LogP contribution in [0.15, 0.2) is 243 Å². The van der Waals surface area contributed by atoms with Gasteiger partial charge in [0.1, 0.15) is 5.82 Å². The lowest BCUT2D eigenvalue weighted by Gasteiger charge is -2.19. The van der Waals surface area contributed by atoms with Gasteiger partial charge in [0.05, 0.1) is 11.4 Å².